The zero-order valence-electron chi connectivity index (χ0n) is 20.9. The summed E-state index contributed by atoms with van der Waals surface area (Å²) in [6.45, 7) is 0.347. The lowest BCUT2D eigenvalue weighted by atomic mass is 9.81. The molecular formula is C28H30Br2N4O4. The van der Waals surface area contributed by atoms with E-state index >= 15 is 0 Å². The molecule has 6 aliphatic rings. The van der Waals surface area contributed by atoms with Gasteiger partial charge >= 0.3 is 0 Å². The first-order chi connectivity index (χ1) is 18.3. The number of amides is 1. The Kier molecular flexibility index (Phi) is 8.18. The van der Waals surface area contributed by atoms with Crippen LogP contribution in [0.5, 0.6) is 5.75 Å². The van der Waals surface area contributed by atoms with Gasteiger partial charge in [-0.15, -0.1) is 0 Å². The number of hydrogen-bond acceptors (Lipinski definition) is 6. The Hall–Kier alpha value is -2.72. The van der Waals surface area contributed by atoms with Crippen molar-refractivity contribution in [2.45, 2.75) is 69.4 Å². The van der Waals surface area contributed by atoms with Gasteiger partial charge in [0.2, 0.25) is 5.91 Å². The summed E-state index contributed by atoms with van der Waals surface area (Å²) < 4.78 is 8.37. The van der Waals surface area contributed by atoms with E-state index in [1.165, 1.54) is 25.7 Å². The summed E-state index contributed by atoms with van der Waals surface area (Å²) in [4.78, 5) is 38.2. The van der Waals surface area contributed by atoms with Gasteiger partial charge in [0.1, 0.15) is 5.82 Å². The molecule has 0 spiro atoms. The van der Waals surface area contributed by atoms with E-state index in [1.807, 2.05) is 22.8 Å². The summed E-state index contributed by atoms with van der Waals surface area (Å²) in [5, 5.41) is 3.72. The molecule has 9 rings (SSSR count). The van der Waals surface area contributed by atoms with Crippen LogP contribution in [0.25, 0.3) is 10.9 Å². The van der Waals surface area contributed by atoms with E-state index in [2.05, 4.69) is 41.9 Å². The van der Waals surface area contributed by atoms with E-state index in [0.717, 1.165) is 51.4 Å². The van der Waals surface area contributed by atoms with Crippen LogP contribution in [-0.4, -0.2) is 28.0 Å². The van der Waals surface area contributed by atoms with Gasteiger partial charge in [0.05, 0.1) is 16.6 Å². The van der Waals surface area contributed by atoms with Crippen molar-refractivity contribution in [2.24, 2.45) is 5.92 Å². The van der Waals surface area contributed by atoms with Crippen LogP contribution in [0, 0.1) is 5.92 Å². The van der Waals surface area contributed by atoms with Crippen molar-refractivity contribution in [3.63, 3.8) is 0 Å². The fraction of sp³-hybridized carbons (Fsp3) is 0.429. The number of carbonyl (C=O) groups excluding carboxylic acids is 2. The van der Waals surface area contributed by atoms with E-state index in [0.29, 0.717) is 47.7 Å². The first-order valence-corrected chi connectivity index (χ1v) is 14.6. The molecule has 200 valence electrons. The van der Waals surface area contributed by atoms with Gasteiger partial charge in [-0.1, -0.05) is 31.9 Å². The Morgan fingerprint density at radius 1 is 0.921 bits per heavy atom. The van der Waals surface area contributed by atoms with E-state index in [1.54, 1.807) is 18.2 Å². The number of anilines is 1. The molecule has 10 heteroatoms. The Balaban J connectivity index is 0.000000126. The number of nitrogen functional groups attached to an aromatic ring is 1. The van der Waals surface area contributed by atoms with Crippen LogP contribution in [0.15, 0.2) is 50.1 Å². The number of carbonyl (C=O) groups is 2. The van der Waals surface area contributed by atoms with Crippen molar-refractivity contribution in [1.82, 2.24) is 14.9 Å². The molecule has 1 aromatic heterocycles. The minimum absolute atomic E-state index is 0.150. The predicted molar refractivity (Wildman–Crippen MR) is 153 cm³/mol. The molecule has 4 aliphatic heterocycles. The first kappa shape index (κ1) is 26.9. The van der Waals surface area contributed by atoms with Gasteiger partial charge in [0.25, 0.3) is 12.0 Å². The molecule has 4 fully saturated rings. The van der Waals surface area contributed by atoms with E-state index < -0.39 is 0 Å². The SMILES string of the molecule is Nc1cc(Br)ccc1OC=O.O=C1NC2CCC1CC2.O=c1c2ccc(Br)cc2nc2n1C1CCC2CC1. The van der Waals surface area contributed by atoms with Crippen LogP contribution < -0.4 is 21.3 Å². The number of nitrogens with two attached hydrogens (primary N) is 1. The predicted octanol–water partition coefficient (Wildman–Crippen LogP) is 5.61. The minimum Gasteiger partial charge on any atom is -0.427 e. The molecule has 4 bridgehead atoms. The number of nitrogens with one attached hydrogen (secondary N) is 1. The highest BCUT2D eigenvalue weighted by Gasteiger charge is 2.35. The van der Waals surface area contributed by atoms with Gasteiger partial charge in [-0.2, -0.15) is 0 Å². The van der Waals surface area contributed by atoms with Crippen LogP contribution in [0.3, 0.4) is 0 Å². The lowest BCUT2D eigenvalue weighted by Gasteiger charge is -2.38. The highest BCUT2D eigenvalue weighted by molar-refractivity contribution is 9.10. The summed E-state index contributed by atoms with van der Waals surface area (Å²) in [6, 6.07) is 11.7. The van der Waals surface area contributed by atoms with Gasteiger partial charge in [0, 0.05) is 32.9 Å². The lowest BCUT2D eigenvalue weighted by Crippen LogP contribution is -2.48. The molecule has 1 amide bonds. The summed E-state index contributed by atoms with van der Waals surface area (Å²) in [5.41, 5.74) is 6.91. The summed E-state index contributed by atoms with van der Waals surface area (Å²) >= 11 is 6.67. The number of aromatic nitrogens is 2. The average Bonchev–Trinajstić information content (AvgIpc) is 2.92. The molecule has 0 atom stereocenters. The fourth-order valence-corrected chi connectivity index (χ4v) is 6.65. The first-order valence-electron chi connectivity index (χ1n) is 13.0. The standard InChI is InChI=1S/C14H13BrN2O.C7H6BrNO2.C7H11NO/c15-9-3-6-11-12(7-9)16-13-8-1-4-10(5-2-8)17(13)14(11)18;8-5-1-2-7(11-4-10)6(9)3-5;9-7-5-1-3-6(8-7)4-2-5/h3,6-8,10H,1-2,4-5H2;1-4H,9H2;5-6H,1-4H2,(H,8,9). The van der Waals surface area contributed by atoms with Crippen molar-refractivity contribution in [1.29, 1.82) is 0 Å². The third-order valence-corrected chi connectivity index (χ3v) is 8.90. The summed E-state index contributed by atoms with van der Waals surface area (Å²) in [5.74, 6) is 2.56. The summed E-state index contributed by atoms with van der Waals surface area (Å²) in [6.07, 6.45) is 9.37. The Bertz CT molecular complexity index is 1410. The topological polar surface area (TPSA) is 116 Å². The van der Waals surface area contributed by atoms with Crippen LogP contribution in [-0.2, 0) is 9.59 Å². The third kappa shape index (κ3) is 5.66. The number of piperidine rings is 2. The average molecular weight is 646 g/mol. The Morgan fingerprint density at radius 2 is 1.58 bits per heavy atom. The van der Waals surface area contributed by atoms with Crippen LogP contribution in [0.1, 0.15) is 69.2 Å². The number of ether oxygens (including phenoxy) is 1. The Labute approximate surface area is 237 Å². The number of benzene rings is 2. The molecule has 38 heavy (non-hydrogen) atoms. The van der Waals surface area contributed by atoms with E-state index in [9.17, 15) is 14.4 Å². The lowest BCUT2D eigenvalue weighted by molar-refractivity contribution is -0.130. The number of hydrogen-bond donors (Lipinski definition) is 2. The van der Waals surface area contributed by atoms with Gasteiger partial charge in [-0.3, -0.25) is 19.0 Å². The molecule has 2 saturated carbocycles. The van der Waals surface area contributed by atoms with Gasteiger partial charge in [-0.25, -0.2) is 4.98 Å². The van der Waals surface area contributed by atoms with Crippen LogP contribution in [0.4, 0.5) is 5.69 Å². The molecule has 2 saturated heterocycles. The van der Waals surface area contributed by atoms with E-state index in [-0.39, 0.29) is 5.56 Å². The maximum atomic E-state index is 12.6. The summed E-state index contributed by atoms with van der Waals surface area (Å²) in [7, 11) is 0. The largest absolute Gasteiger partial charge is 0.427 e. The van der Waals surface area contributed by atoms with Crippen molar-refractivity contribution < 1.29 is 14.3 Å². The molecule has 8 nitrogen and oxygen atoms in total. The second-order valence-corrected chi connectivity index (χ2v) is 12.1. The van der Waals surface area contributed by atoms with Crippen LogP contribution in [0.2, 0.25) is 0 Å². The van der Waals surface area contributed by atoms with E-state index in [4.69, 9.17) is 10.7 Å². The maximum Gasteiger partial charge on any atom is 0.298 e. The zero-order valence-corrected chi connectivity index (χ0v) is 24.0. The fourth-order valence-electron chi connectivity index (χ4n) is 5.92. The number of fused-ring (bicyclic) bond motifs is 6. The molecule has 5 heterocycles. The van der Waals surface area contributed by atoms with Crippen LogP contribution >= 0.6 is 31.9 Å². The van der Waals surface area contributed by atoms with Gasteiger partial charge in [-0.05, 0) is 87.8 Å². The molecule has 2 aromatic carbocycles. The highest BCUT2D eigenvalue weighted by Crippen LogP contribution is 2.43. The second kappa shape index (κ2) is 11.6. The van der Waals surface area contributed by atoms with Gasteiger partial charge < -0.3 is 15.8 Å². The minimum atomic E-state index is 0.150. The van der Waals surface area contributed by atoms with Crippen molar-refractivity contribution in [2.75, 3.05) is 5.73 Å². The van der Waals surface area contributed by atoms with Gasteiger partial charge in [0.15, 0.2) is 5.75 Å². The zero-order chi connectivity index (χ0) is 26.8. The maximum absolute atomic E-state index is 12.6. The molecule has 3 N–H and O–H groups in total. The molecular weight excluding hydrogens is 616 g/mol. The van der Waals surface area contributed by atoms with Crippen molar-refractivity contribution in [3.05, 3.63) is 61.5 Å². The second-order valence-electron chi connectivity index (χ2n) is 10.3. The monoisotopic (exact) mass is 644 g/mol. The normalized spacial score (nSPS) is 24.3. The van der Waals surface area contributed by atoms with Crippen molar-refractivity contribution in [3.8, 4) is 5.75 Å². The molecule has 0 radical (unpaired) electrons. The number of rotatable bonds is 2. The Morgan fingerprint density at radius 3 is 2.16 bits per heavy atom. The number of nitrogens with zero attached hydrogens (tertiary/aromatic N) is 2. The molecule has 3 aromatic rings. The smallest absolute Gasteiger partial charge is 0.298 e. The molecule has 2 aliphatic carbocycles. The highest BCUT2D eigenvalue weighted by atomic mass is 79.9. The molecule has 0 unspecified atom stereocenters. The van der Waals surface area contributed by atoms with Crippen molar-refractivity contribution >= 4 is 60.8 Å². The quantitative estimate of drug-likeness (QED) is 0.276. The number of halogens is 2. The third-order valence-electron chi connectivity index (χ3n) is 7.91.